The van der Waals surface area contributed by atoms with Crippen LogP contribution in [0.1, 0.15) is 17.8 Å². The number of H-pyrrole nitrogens is 1. The van der Waals surface area contributed by atoms with Crippen molar-refractivity contribution in [3.63, 3.8) is 0 Å². The maximum Gasteiger partial charge on any atom is 0.203 e. The van der Waals surface area contributed by atoms with Crippen molar-refractivity contribution >= 4 is 33.3 Å². The van der Waals surface area contributed by atoms with Crippen LogP contribution in [0.25, 0.3) is 0 Å². The molecule has 0 aliphatic carbocycles. The highest BCUT2D eigenvalue weighted by Gasteiger charge is 2.45. The quantitative estimate of drug-likeness (QED) is 0.739. The van der Waals surface area contributed by atoms with Crippen LogP contribution < -0.4 is 0 Å². The van der Waals surface area contributed by atoms with E-state index in [4.69, 9.17) is 32.7 Å². The Bertz CT molecular complexity index is 844. The molecule has 0 saturated carbocycles. The Labute approximate surface area is 155 Å². The molecule has 2 heterocycles. The van der Waals surface area contributed by atoms with E-state index in [2.05, 4.69) is 9.97 Å². The first-order chi connectivity index (χ1) is 11.8. The number of nitrogens with zero attached hydrogens (tertiary/aromatic N) is 1. The van der Waals surface area contributed by atoms with E-state index in [9.17, 15) is 13.0 Å². The van der Waals surface area contributed by atoms with Gasteiger partial charge in [0.25, 0.3) is 0 Å². The predicted octanol–water partition coefficient (Wildman–Crippen LogP) is 2.46. The third kappa shape index (κ3) is 4.52. The van der Waals surface area contributed by atoms with Gasteiger partial charge in [0.05, 0.1) is 34.3 Å². The molecule has 1 aromatic carbocycles. The van der Waals surface area contributed by atoms with E-state index in [1.165, 1.54) is 0 Å². The minimum Gasteiger partial charge on any atom is -0.748 e. The molecule has 2 unspecified atom stereocenters. The van der Waals surface area contributed by atoms with Crippen LogP contribution in [-0.4, -0.2) is 41.4 Å². The Hall–Kier alpha value is -1.16. The van der Waals surface area contributed by atoms with Crippen molar-refractivity contribution in [3.05, 3.63) is 52.0 Å². The molecule has 1 aromatic heterocycles. The number of halogens is 2. The number of imidazole rings is 1. The molecular weight excluding hydrogens is 391 g/mol. The van der Waals surface area contributed by atoms with Crippen LogP contribution in [0, 0.1) is 0 Å². The number of benzene rings is 1. The van der Waals surface area contributed by atoms with Gasteiger partial charge in [-0.3, -0.25) is 0 Å². The van der Waals surface area contributed by atoms with Crippen LogP contribution in [0.15, 0.2) is 30.6 Å². The zero-order valence-corrected chi connectivity index (χ0v) is 15.3. The second kappa shape index (κ2) is 7.22. The Morgan fingerprint density at radius 2 is 2.20 bits per heavy atom. The maximum atomic E-state index is 10.9. The van der Waals surface area contributed by atoms with Gasteiger partial charge in [-0.2, -0.15) is 0 Å². The van der Waals surface area contributed by atoms with Crippen molar-refractivity contribution in [2.24, 2.45) is 0 Å². The zero-order chi connectivity index (χ0) is 18.1. The first-order valence-electron chi connectivity index (χ1n) is 7.46. The Balaban J connectivity index is 1.88. The Kier molecular flexibility index (Phi) is 5.38. The molecule has 0 radical (unpaired) electrons. The van der Waals surface area contributed by atoms with Gasteiger partial charge in [-0.05, 0) is 18.6 Å². The smallest absolute Gasteiger partial charge is 0.203 e. The highest BCUT2D eigenvalue weighted by molar-refractivity contribution is 7.85. The van der Waals surface area contributed by atoms with Crippen LogP contribution in [-0.2, 0) is 31.8 Å². The molecule has 2 aromatic rings. The molecule has 1 fully saturated rings. The van der Waals surface area contributed by atoms with Gasteiger partial charge in [0.2, 0.25) is 5.79 Å². The molecule has 0 spiro atoms. The van der Waals surface area contributed by atoms with Crippen molar-refractivity contribution < 1.29 is 22.4 Å². The van der Waals surface area contributed by atoms with E-state index in [1.54, 1.807) is 30.6 Å². The van der Waals surface area contributed by atoms with Gasteiger partial charge in [0, 0.05) is 28.7 Å². The van der Waals surface area contributed by atoms with Gasteiger partial charge in [0.15, 0.2) is 0 Å². The van der Waals surface area contributed by atoms with Crippen molar-refractivity contribution in [2.45, 2.75) is 24.7 Å². The lowest BCUT2D eigenvalue weighted by Crippen LogP contribution is -2.32. The lowest BCUT2D eigenvalue weighted by molar-refractivity contribution is -0.177. The van der Waals surface area contributed by atoms with Crippen molar-refractivity contribution in [3.8, 4) is 0 Å². The molecule has 1 N–H and O–H groups in total. The monoisotopic (exact) mass is 405 g/mol. The van der Waals surface area contributed by atoms with Crippen molar-refractivity contribution in [1.82, 2.24) is 9.97 Å². The second-order valence-electron chi connectivity index (χ2n) is 5.69. The standard InChI is InChI=1S/C15H16Cl2N2O5S/c16-10-1-2-12(13(17)7-10)15(8-14-18-4-5-19-14)23-9-11(24-15)3-6-25(20,21)22/h1-2,4-5,7,11H,3,6,8-9H2,(H,18,19)(H,20,21,22)/p-1. The van der Waals surface area contributed by atoms with Crippen LogP contribution in [0.2, 0.25) is 10.0 Å². The lowest BCUT2D eigenvalue weighted by Gasteiger charge is -2.29. The van der Waals surface area contributed by atoms with Gasteiger partial charge < -0.3 is 19.0 Å². The summed E-state index contributed by atoms with van der Waals surface area (Å²) in [6, 6.07) is 4.93. The molecule has 10 heteroatoms. The fourth-order valence-corrected chi connectivity index (χ4v) is 3.83. The van der Waals surface area contributed by atoms with Gasteiger partial charge in [-0.15, -0.1) is 0 Å². The van der Waals surface area contributed by atoms with Crippen LogP contribution in [0.3, 0.4) is 0 Å². The largest absolute Gasteiger partial charge is 0.748 e. The molecule has 2 atom stereocenters. The molecule has 0 amide bonds. The SMILES string of the molecule is O=S(=O)([O-])CCC1COC(Cc2ncc[nH]2)(c2ccc(Cl)cc2Cl)O1. The van der Waals surface area contributed by atoms with Gasteiger partial charge in [-0.25, -0.2) is 13.4 Å². The number of hydrogen-bond donors (Lipinski definition) is 1. The van der Waals surface area contributed by atoms with E-state index >= 15 is 0 Å². The topological polar surface area (TPSA) is 104 Å². The minimum atomic E-state index is -4.32. The number of ether oxygens (including phenoxy) is 2. The Morgan fingerprint density at radius 3 is 2.84 bits per heavy atom. The summed E-state index contributed by atoms with van der Waals surface area (Å²) in [5.74, 6) is -1.15. The normalized spacial score (nSPS) is 23.9. The highest BCUT2D eigenvalue weighted by Crippen LogP contribution is 2.41. The van der Waals surface area contributed by atoms with Gasteiger partial charge in [-0.1, -0.05) is 29.3 Å². The molecule has 1 saturated heterocycles. The fraction of sp³-hybridized carbons (Fsp3) is 0.400. The molecule has 3 rings (SSSR count). The highest BCUT2D eigenvalue weighted by atomic mass is 35.5. The molecule has 7 nitrogen and oxygen atoms in total. The van der Waals surface area contributed by atoms with E-state index in [-0.39, 0.29) is 19.4 Å². The molecule has 25 heavy (non-hydrogen) atoms. The van der Waals surface area contributed by atoms with Crippen molar-refractivity contribution in [1.29, 1.82) is 0 Å². The summed E-state index contributed by atoms with van der Waals surface area (Å²) in [6.45, 7) is 0.134. The molecule has 1 aliphatic heterocycles. The molecule has 1 aliphatic rings. The van der Waals surface area contributed by atoms with Crippen molar-refractivity contribution in [2.75, 3.05) is 12.4 Å². The van der Waals surface area contributed by atoms with E-state index in [0.29, 0.717) is 21.4 Å². The summed E-state index contributed by atoms with van der Waals surface area (Å²) < 4.78 is 44.5. The number of nitrogens with one attached hydrogen (secondary N) is 1. The second-order valence-corrected chi connectivity index (χ2v) is 8.06. The first kappa shape index (κ1) is 18.6. The zero-order valence-electron chi connectivity index (χ0n) is 12.9. The molecule has 0 bridgehead atoms. The van der Waals surface area contributed by atoms with E-state index in [1.807, 2.05) is 0 Å². The molecule has 136 valence electrons. The third-order valence-corrected chi connectivity index (χ3v) is 5.13. The number of aromatic nitrogens is 2. The average molecular weight is 406 g/mol. The number of hydrogen-bond acceptors (Lipinski definition) is 6. The minimum absolute atomic E-state index is 0.0386. The van der Waals surface area contributed by atoms with Gasteiger partial charge >= 0.3 is 0 Å². The summed E-state index contributed by atoms with van der Waals surface area (Å²) in [7, 11) is -4.32. The number of aromatic amines is 1. The molecular formula is C15H15Cl2N2O5S-. The summed E-state index contributed by atoms with van der Waals surface area (Å²) >= 11 is 12.3. The number of rotatable bonds is 6. The van der Waals surface area contributed by atoms with Gasteiger partial charge in [0.1, 0.15) is 5.82 Å². The first-order valence-corrected chi connectivity index (χ1v) is 9.80. The summed E-state index contributed by atoms with van der Waals surface area (Å²) in [4.78, 5) is 7.15. The maximum absolute atomic E-state index is 10.9. The lowest BCUT2D eigenvalue weighted by atomic mass is 10.0. The predicted molar refractivity (Wildman–Crippen MR) is 90.4 cm³/mol. The van der Waals surface area contributed by atoms with E-state index in [0.717, 1.165) is 0 Å². The summed E-state index contributed by atoms with van der Waals surface area (Å²) in [5, 5.41) is 0.824. The third-order valence-electron chi connectivity index (χ3n) is 3.85. The Morgan fingerprint density at radius 1 is 1.40 bits per heavy atom. The average Bonchev–Trinajstić information content (AvgIpc) is 3.15. The van der Waals surface area contributed by atoms with E-state index < -0.39 is 27.8 Å². The summed E-state index contributed by atoms with van der Waals surface area (Å²) in [5.41, 5.74) is 0.558. The summed E-state index contributed by atoms with van der Waals surface area (Å²) in [6.07, 6.45) is 3.00. The van der Waals surface area contributed by atoms with Crippen LogP contribution in [0.4, 0.5) is 0 Å². The van der Waals surface area contributed by atoms with Crippen LogP contribution >= 0.6 is 23.2 Å². The fourth-order valence-electron chi connectivity index (χ4n) is 2.73. The van der Waals surface area contributed by atoms with Crippen LogP contribution in [0.5, 0.6) is 0 Å².